The van der Waals surface area contributed by atoms with Gasteiger partial charge in [0.05, 0.1) is 18.0 Å². The van der Waals surface area contributed by atoms with Gasteiger partial charge in [-0.05, 0) is 44.2 Å². The van der Waals surface area contributed by atoms with Crippen LogP contribution in [0.15, 0.2) is 72.8 Å². The molecule has 2 saturated heterocycles. The number of carbonyl (C=O) groups is 3. The Balaban J connectivity index is 1.39. The summed E-state index contributed by atoms with van der Waals surface area (Å²) in [6.07, 6.45) is -0.426. The first-order chi connectivity index (χ1) is 18.2. The average molecular weight is 516 g/mol. The van der Waals surface area contributed by atoms with Gasteiger partial charge in [-0.25, -0.2) is 9.59 Å². The minimum absolute atomic E-state index is 0.135. The first-order valence-electron chi connectivity index (χ1n) is 13.0. The molecule has 0 aliphatic carbocycles. The van der Waals surface area contributed by atoms with Gasteiger partial charge in [-0.3, -0.25) is 4.79 Å². The molecule has 2 aliphatic rings. The summed E-state index contributed by atoms with van der Waals surface area (Å²) in [7, 11) is 0. The number of carbonyl (C=O) groups excluding carboxylic acids is 3. The van der Waals surface area contributed by atoms with E-state index < -0.39 is 29.7 Å². The number of nitrogens with zero attached hydrogens (tertiary/aromatic N) is 2. The summed E-state index contributed by atoms with van der Waals surface area (Å²) in [6, 6.07) is 22.2. The molecule has 0 aromatic heterocycles. The van der Waals surface area contributed by atoms with Crippen LogP contribution in [0.25, 0.3) is 10.8 Å². The van der Waals surface area contributed by atoms with Crippen LogP contribution in [0.2, 0.25) is 0 Å². The first-order valence-corrected chi connectivity index (χ1v) is 13.0. The van der Waals surface area contributed by atoms with Crippen LogP contribution in [0.5, 0.6) is 0 Å². The third kappa shape index (κ3) is 5.30. The normalized spacial score (nSPS) is 20.8. The van der Waals surface area contributed by atoms with Crippen molar-refractivity contribution in [2.45, 2.75) is 51.5 Å². The Morgan fingerprint density at radius 3 is 2.37 bits per heavy atom. The van der Waals surface area contributed by atoms with Gasteiger partial charge >= 0.3 is 12.2 Å². The summed E-state index contributed by atoms with van der Waals surface area (Å²) in [6.45, 7) is 6.11. The third-order valence-electron chi connectivity index (χ3n) is 7.08. The van der Waals surface area contributed by atoms with Gasteiger partial charge in [-0.15, -0.1) is 0 Å². The Labute approximate surface area is 222 Å². The van der Waals surface area contributed by atoms with Crippen molar-refractivity contribution >= 4 is 34.6 Å². The van der Waals surface area contributed by atoms with Crippen molar-refractivity contribution in [2.75, 3.05) is 18.4 Å². The van der Waals surface area contributed by atoms with Crippen LogP contribution in [0, 0.1) is 5.92 Å². The molecule has 8 nitrogen and oxygen atoms in total. The summed E-state index contributed by atoms with van der Waals surface area (Å²) < 4.78 is 11.3. The maximum Gasteiger partial charge on any atom is 0.410 e. The van der Waals surface area contributed by atoms with E-state index in [1.54, 1.807) is 9.80 Å². The standard InChI is InChI=1S/C30H33N3O5/c1-30(2,3)38-29(36)32-17-16-25-26(32)23(18-33(25)28(35)37-19-20-10-5-4-6-11-20)27(34)31-24-15-9-13-21-12-7-8-14-22(21)24/h4-15,23,25-26H,16-19H2,1-3H3,(H,31,34). The van der Waals surface area contributed by atoms with E-state index in [1.807, 2.05) is 93.6 Å². The van der Waals surface area contributed by atoms with Gasteiger partial charge in [-0.2, -0.15) is 0 Å². The number of hydrogen-bond acceptors (Lipinski definition) is 5. The van der Waals surface area contributed by atoms with E-state index in [0.29, 0.717) is 18.7 Å². The SMILES string of the molecule is CC(C)(C)OC(=O)N1CCC2C1C(C(=O)Nc1cccc3ccccc13)CN2C(=O)OCc1ccccc1. The summed E-state index contributed by atoms with van der Waals surface area (Å²) in [4.78, 5) is 43.3. The summed E-state index contributed by atoms with van der Waals surface area (Å²) in [5.41, 5.74) is 0.892. The molecule has 3 aromatic carbocycles. The highest BCUT2D eigenvalue weighted by Crippen LogP contribution is 2.38. The van der Waals surface area contributed by atoms with E-state index in [-0.39, 0.29) is 25.1 Å². The fourth-order valence-electron chi connectivity index (χ4n) is 5.42. The number of amides is 3. The topological polar surface area (TPSA) is 88.2 Å². The van der Waals surface area contributed by atoms with E-state index in [9.17, 15) is 14.4 Å². The van der Waals surface area contributed by atoms with Crippen LogP contribution in [0.4, 0.5) is 15.3 Å². The summed E-state index contributed by atoms with van der Waals surface area (Å²) in [5.74, 6) is -0.886. The molecule has 8 heteroatoms. The summed E-state index contributed by atoms with van der Waals surface area (Å²) >= 11 is 0. The van der Waals surface area contributed by atoms with Gasteiger partial charge in [0.25, 0.3) is 0 Å². The van der Waals surface area contributed by atoms with Crippen molar-refractivity contribution in [3.63, 3.8) is 0 Å². The zero-order chi connectivity index (χ0) is 26.9. The molecule has 3 amide bonds. The first kappa shape index (κ1) is 25.6. The van der Waals surface area contributed by atoms with Crippen molar-refractivity contribution in [2.24, 2.45) is 5.92 Å². The number of benzene rings is 3. The van der Waals surface area contributed by atoms with Gasteiger partial charge in [0.15, 0.2) is 0 Å². The van der Waals surface area contributed by atoms with Crippen LogP contribution >= 0.6 is 0 Å². The van der Waals surface area contributed by atoms with Crippen molar-refractivity contribution in [3.05, 3.63) is 78.4 Å². The molecule has 3 aromatic rings. The van der Waals surface area contributed by atoms with Crippen LogP contribution in [-0.4, -0.2) is 58.7 Å². The predicted molar refractivity (Wildman–Crippen MR) is 145 cm³/mol. The lowest BCUT2D eigenvalue weighted by Gasteiger charge is -2.30. The number of anilines is 1. The predicted octanol–water partition coefficient (Wildman–Crippen LogP) is 5.42. The Bertz CT molecular complexity index is 1330. The molecule has 198 valence electrons. The second-order valence-corrected chi connectivity index (χ2v) is 10.8. The molecule has 38 heavy (non-hydrogen) atoms. The molecule has 2 fully saturated rings. The molecule has 1 N–H and O–H groups in total. The molecular formula is C30H33N3O5. The lowest BCUT2D eigenvalue weighted by atomic mass is 9.98. The van der Waals surface area contributed by atoms with E-state index in [4.69, 9.17) is 9.47 Å². The highest BCUT2D eigenvalue weighted by atomic mass is 16.6. The third-order valence-corrected chi connectivity index (χ3v) is 7.08. The Morgan fingerprint density at radius 2 is 1.61 bits per heavy atom. The monoisotopic (exact) mass is 515 g/mol. The number of likely N-dealkylation sites (tertiary alicyclic amines) is 2. The number of ether oxygens (including phenoxy) is 2. The minimum atomic E-state index is -0.678. The molecule has 0 radical (unpaired) electrons. The molecule has 0 spiro atoms. The summed E-state index contributed by atoms with van der Waals surface area (Å²) in [5, 5.41) is 5.00. The molecule has 0 bridgehead atoms. The van der Waals surface area contributed by atoms with Crippen molar-refractivity contribution in [1.82, 2.24) is 9.80 Å². The molecule has 2 aliphatic heterocycles. The maximum absolute atomic E-state index is 13.7. The van der Waals surface area contributed by atoms with Crippen LogP contribution in [-0.2, 0) is 20.9 Å². The van der Waals surface area contributed by atoms with Crippen LogP contribution < -0.4 is 5.32 Å². The van der Waals surface area contributed by atoms with Gasteiger partial charge in [0.2, 0.25) is 5.91 Å². The molecule has 2 heterocycles. The maximum atomic E-state index is 13.7. The number of fused-ring (bicyclic) bond motifs is 2. The Kier molecular flexibility index (Phi) is 6.97. The molecule has 0 saturated carbocycles. The molecule has 3 unspecified atom stereocenters. The second-order valence-electron chi connectivity index (χ2n) is 10.8. The highest BCUT2D eigenvalue weighted by Gasteiger charge is 2.55. The number of nitrogens with one attached hydrogen (secondary N) is 1. The molecule has 5 rings (SSSR count). The zero-order valence-corrected chi connectivity index (χ0v) is 21.9. The lowest BCUT2D eigenvalue weighted by Crippen LogP contribution is -2.47. The number of hydrogen-bond donors (Lipinski definition) is 1. The molecule has 3 atom stereocenters. The quantitative estimate of drug-likeness (QED) is 0.501. The van der Waals surface area contributed by atoms with E-state index in [1.165, 1.54) is 0 Å². The minimum Gasteiger partial charge on any atom is -0.445 e. The van der Waals surface area contributed by atoms with E-state index in [0.717, 1.165) is 16.3 Å². The van der Waals surface area contributed by atoms with Crippen LogP contribution in [0.1, 0.15) is 32.8 Å². The van der Waals surface area contributed by atoms with Gasteiger partial charge in [-0.1, -0.05) is 66.7 Å². The second kappa shape index (κ2) is 10.4. The smallest absolute Gasteiger partial charge is 0.410 e. The molecular weight excluding hydrogens is 482 g/mol. The van der Waals surface area contributed by atoms with Gasteiger partial charge in [0.1, 0.15) is 12.2 Å². The van der Waals surface area contributed by atoms with E-state index in [2.05, 4.69) is 5.32 Å². The Hall–Kier alpha value is -4.07. The highest BCUT2D eigenvalue weighted by molar-refractivity contribution is 6.03. The number of rotatable bonds is 4. The zero-order valence-electron chi connectivity index (χ0n) is 21.9. The Morgan fingerprint density at radius 1 is 0.895 bits per heavy atom. The van der Waals surface area contributed by atoms with Crippen molar-refractivity contribution in [1.29, 1.82) is 0 Å². The largest absolute Gasteiger partial charge is 0.445 e. The van der Waals surface area contributed by atoms with Crippen molar-refractivity contribution < 1.29 is 23.9 Å². The van der Waals surface area contributed by atoms with E-state index >= 15 is 0 Å². The van der Waals surface area contributed by atoms with Gasteiger partial charge < -0.3 is 24.6 Å². The average Bonchev–Trinajstić information content (AvgIpc) is 3.48. The van der Waals surface area contributed by atoms with Gasteiger partial charge in [0, 0.05) is 24.2 Å². The van der Waals surface area contributed by atoms with Crippen molar-refractivity contribution in [3.8, 4) is 0 Å². The fourth-order valence-corrected chi connectivity index (χ4v) is 5.42. The van der Waals surface area contributed by atoms with Crippen LogP contribution in [0.3, 0.4) is 0 Å². The fraction of sp³-hybridized carbons (Fsp3) is 0.367. The lowest BCUT2D eigenvalue weighted by molar-refractivity contribution is -0.120.